The molecule has 17 heavy (non-hydrogen) atoms. The molecule has 0 aromatic heterocycles. The van der Waals surface area contributed by atoms with E-state index in [9.17, 15) is 0 Å². The highest BCUT2D eigenvalue weighted by atomic mass is 16.5. The van der Waals surface area contributed by atoms with E-state index in [-0.39, 0.29) is 0 Å². The summed E-state index contributed by atoms with van der Waals surface area (Å²) in [5, 5.41) is 3.57. The van der Waals surface area contributed by atoms with Gasteiger partial charge in [0.25, 0.3) is 0 Å². The summed E-state index contributed by atoms with van der Waals surface area (Å²) in [6.45, 7) is 16.7. The summed E-state index contributed by atoms with van der Waals surface area (Å²) in [4.78, 5) is 2.55. The highest BCUT2D eigenvalue weighted by molar-refractivity contribution is 4.77. The van der Waals surface area contributed by atoms with Crippen molar-refractivity contribution in [2.75, 3.05) is 45.9 Å². The van der Waals surface area contributed by atoms with Crippen molar-refractivity contribution in [1.29, 1.82) is 0 Å². The van der Waals surface area contributed by atoms with E-state index in [1.165, 1.54) is 19.5 Å². The maximum Gasteiger partial charge on any atom is 0.0593 e. The average molecular weight is 242 g/mol. The smallest absolute Gasteiger partial charge is 0.0593 e. The number of nitrogens with one attached hydrogen (secondary N) is 1. The molecule has 1 fully saturated rings. The van der Waals surface area contributed by atoms with E-state index < -0.39 is 0 Å². The molecule has 0 bridgehead atoms. The predicted octanol–water partition coefficient (Wildman–Crippen LogP) is 1.98. The van der Waals surface area contributed by atoms with Gasteiger partial charge in [0.05, 0.1) is 6.61 Å². The van der Waals surface area contributed by atoms with Gasteiger partial charge in [0.15, 0.2) is 0 Å². The largest absolute Gasteiger partial charge is 0.380 e. The Morgan fingerprint density at radius 1 is 1.24 bits per heavy atom. The lowest BCUT2D eigenvalue weighted by Crippen LogP contribution is -2.42. The molecule has 0 spiro atoms. The Balaban J connectivity index is 2.26. The zero-order valence-electron chi connectivity index (χ0n) is 12.1. The van der Waals surface area contributed by atoms with Gasteiger partial charge < -0.3 is 15.0 Å². The minimum atomic E-state index is 0.346. The summed E-state index contributed by atoms with van der Waals surface area (Å²) in [5.41, 5.74) is 0.346. The summed E-state index contributed by atoms with van der Waals surface area (Å²) in [7, 11) is 0. The first-order chi connectivity index (χ1) is 7.99. The number of ether oxygens (including phenoxy) is 1. The van der Waals surface area contributed by atoms with Crippen LogP contribution in [0.25, 0.3) is 0 Å². The number of hydrogen-bond acceptors (Lipinski definition) is 3. The van der Waals surface area contributed by atoms with E-state index in [1.807, 2.05) is 0 Å². The molecule has 1 rings (SSSR count). The van der Waals surface area contributed by atoms with Gasteiger partial charge in [0, 0.05) is 32.8 Å². The molecular weight excluding hydrogens is 212 g/mol. The van der Waals surface area contributed by atoms with Crippen molar-refractivity contribution in [1.82, 2.24) is 10.2 Å². The van der Waals surface area contributed by atoms with Crippen LogP contribution in [0.1, 0.15) is 34.1 Å². The Morgan fingerprint density at radius 3 is 2.71 bits per heavy atom. The maximum absolute atomic E-state index is 5.49. The van der Waals surface area contributed by atoms with Crippen LogP contribution in [0.3, 0.4) is 0 Å². The van der Waals surface area contributed by atoms with E-state index in [0.717, 1.165) is 38.8 Å². The Bertz CT molecular complexity index is 196. The molecule has 1 saturated heterocycles. The third kappa shape index (κ3) is 7.02. The van der Waals surface area contributed by atoms with Gasteiger partial charge in [-0.15, -0.1) is 0 Å². The van der Waals surface area contributed by atoms with Gasteiger partial charge >= 0.3 is 0 Å². The Kier molecular flexibility index (Phi) is 6.45. The Hall–Kier alpha value is -0.120. The van der Waals surface area contributed by atoms with Gasteiger partial charge in [0.1, 0.15) is 0 Å². The normalized spacial score (nSPS) is 19.6. The molecule has 1 N–H and O–H groups in total. The van der Waals surface area contributed by atoms with Gasteiger partial charge in [-0.05, 0) is 24.3 Å². The van der Waals surface area contributed by atoms with Crippen LogP contribution >= 0.6 is 0 Å². The summed E-state index contributed by atoms with van der Waals surface area (Å²) >= 11 is 0. The fourth-order valence-electron chi connectivity index (χ4n) is 2.32. The van der Waals surface area contributed by atoms with E-state index in [0.29, 0.717) is 5.41 Å². The van der Waals surface area contributed by atoms with Gasteiger partial charge in [-0.3, -0.25) is 0 Å². The second-order valence-corrected chi connectivity index (χ2v) is 6.43. The van der Waals surface area contributed by atoms with Gasteiger partial charge in [-0.1, -0.05) is 27.7 Å². The van der Waals surface area contributed by atoms with E-state index >= 15 is 0 Å². The monoisotopic (exact) mass is 242 g/mol. The molecule has 3 heteroatoms. The van der Waals surface area contributed by atoms with Crippen molar-refractivity contribution >= 4 is 0 Å². The van der Waals surface area contributed by atoms with Gasteiger partial charge in [0.2, 0.25) is 0 Å². The second-order valence-electron chi connectivity index (χ2n) is 6.43. The number of hydrogen-bond donors (Lipinski definition) is 1. The second kappa shape index (κ2) is 7.34. The zero-order chi connectivity index (χ0) is 12.7. The molecule has 0 radical (unpaired) electrons. The van der Waals surface area contributed by atoms with Gasteiger partial charge in [-0.2, -0.15) is 0 Å². The van der Waals surface area contributed by atoms with E-state index in [1.54, 1.807) is 0 Å². The lowest BCUT2D eigenvalue weighted by atomic mass is 9.92. The third-order valence-corrected chi connectivity index (χ3v) is 3.12. The topological polar surface area (TPSA) is 24.5 Å². The van der Waals surface area contributed by atoms with Crippen molar-refractivity contribution < 1.29 is 4.74 Å². The standard InChI is InChI=1S/C14H30N2O/c1-13(2)10-15-11-14(3,4)12-16-6-5-8-17-9-7-16/h13,15H,5-12H2,1-4H3. The molecule has 0 saturated carbocycles. The SMILES string of the molecule is CC(C)CNCC(C)(C)CN1CCCOCC1. The number of rotatable bonds is 6. The maximum atomic E-state index is 5.49. The summed E-state index contributed by atoms with van der Waals surface area (Å²) in [6, 6.07) is 0. The molecule has 1 heterocycles. The molecular formula is C14H30N2O. The Labute approximate surface area is 107 Å². The minimum absolute atomic E-state index is 0.346. The summed E-state index contributed by atoms with van der Waals surface area (Å²) in [5.74, 6) is 0.734. The zero-order valence-corrected chi connectivity index (χ0v) is 12.1. The lowest BCUT2D eigenvalue weighted by Gasteiger charge is -2.32. The first-order valence-electron chi connectivity index (χ1n) is 7.00. The molecule has 0 aromatic carbocycles. The highest BCUT2D eigenvalue weighted by Crippen LogP contribution is 2.17. The van der Waals surface area contributed by atoms with Crippen LogP contribution in [0, 0.1) is 11.3 Å². The van der Waals surface area contributed by atoms with Gasteiger partial charge in [-0.25, -0.2) is 0 Å². The van der Waals surface area contributed by atoms with Crippen LogP contribution in [0.2, 0.25) is 0 Å². The number of nitrogens with zero attached hydrogens (tertiary/aromatic N) is 1. The average Bonchev–Trinajstić information content (AvgIpc) is 2.44. The first kappa shape index (κ1) is 14.9. The van der Waals surface area contributed by atoms with Crippen LogP contribution < -0.4 is 5.32 Å². The van der Waals surface area contributed by atoms with Crippen molar-refractivity contribution in [2.45, 2.75) is 34.1 Å². The molecule has 1 aliphatic rings. The highest BCUT2D eigenvalue weighted by Gasteiger charge is 2.22. The van der Waals surface area contributed by atoms with Crippen molar-refractivity contribution in [3.8, 4) is 0 Å². The van der Waals surface area contributed by atoms with Crippen LogP contribution in [-0.4, -0.2) is 50.8 Å². The van der Waals surface area contributed by atoms with Crippen LogP contribution in [0.5, 0.6) is 0 Å². The fourth-order valence-corrected chi connectivity index (χ4v) is 2.32. The van der Waals surface area contributed by atoms with Crippen LogP contribution in [-0.2, 0) is 4.74 Å². The van der Waals surface area contributed by atoms with Crippen molar-refractivity contribution in [3.05, 3.63) is 0 Å². The molecule has 102 valence electrons. The molecule has 0 aliphatic carbocycles. The van der Waals surface area contributed by atoms with E-state index in [4.69, 9.17) is 4.74 Å². The minimum Gasteiger partial charge on any atom is -0.380 e. The fraction of sp³-hybridized carbons (Fsp3) is 1.00. The summed E-state index contributed by atoms with van der Waals surface area (Å²) < 4.78 is 5.49. The summed E-state index contributed by atoms with van der Waals surface area (Å²) in [6.07, 6.45) is 1.18. The van der Waals surface area contributed by atoms with Crippen molar-refractivity contribution in [2.24, 2.45) is 11.3 Å². The Morgan fingerprint density at radius 2 is 2.00 bits per heavy atom. The molecule has 0 amide bonds. The molecule has 0 unspecified atom stereocenters. The third-order valence-electron chi connectivity index (χ3n) is 3.12. The lowest BCUT2D eigenvalue weighted by molar-refractivity contribution is 0.129. The first-order valence-corrected chi connectivity index (χ1v) is 7.00. The molecule has 3 nitrogen and oxygen atoms in total. The molecule has 0 aromatic rings. The molecule has 1 aliphatic heterocycles. The quantitative estimate of drug-likeness (QED) is 0.771. The molecule has 0 atom stereocenters. The van der Waals surface area contributed by atoms with Crippen LogP contribution in [0.4, 0.5) is 0 Å². The predicted molar refractivity (Wildman–Crippen MR) is 73.4 cm³/mol. The van der Waals surface area contributed by atoms with Crippen molar-refractivity contribution in [3.63, 3.8) is 0 Å². The van der Waals surface area contributed by atoms with E-state index in [2.05, 4.69) is 37.9 Å². The van der Waals surface area contributed by atoms with Crippen LogP contribution in [0.15, 0.2) is 0 Å².